The molecule has 2 aliphatic rings. The number of aromatic nitrogens is 1. The van der Waals surface area contributed by atoms with E-state index in [1.54, 1.807) is 19.3 Å². The third-order valence-corrected chi connectivity index (χ3v) is 6.20. The SMILES string of the molecule is C/N=C\c1ccc2c3c([nH]c2c1)C1(CCOCC1)c1cc(OC)c(F)cc1C3=O. The summed E-state index contributed by atoms with van der Waals surface area (Å²) in [5.74, 6) is -0.521. The zero-order chi connectivity index (χ0) is 20.2. The van der Waals surface area contributed by atoms with E-state index in [9.17, 15) is 9.18 Å². The molecule has 0 atom stereocenters. The number of ketones is 1. The Kier molecular flexibility index (Phi) is 4.06. The average molecular weight is 392 g/mol. The van der Waals surface area contributed by atoms with Crippen LogP contribution in [0.2, 0.25) is 0 Å². The Balaban J connectivity index is 1.83. The van der Waals surface area contributed by atoms with Gasteiger partial charge >= 0.3 is 0 Å². The number of carbonyl (C=O) groups excluding carboxylic acids is 1. The largest absolute Gasteiger partial charge is 0.494 e. The maximum Gasteiger partial charge on any atom is 0.195 e. The lowest BCUT2D eigenvalue weighted by Crippen LogP contribution is -2.40. The van der Waals surface area contributed by atoms with Crippen molar-refractivity contribution in [2.24, 2.45) is 4.99 Å². The molecule has 0 radical (unpaired) electrons. The van der Waals surface area contributed by atoms with Crippen molar-refractivity contribution in [3.63, 3.8) is 0 Å². The number of methoxy groups -OCH3 is 1. The molecule has 1 fully saturated rings. The van der Waals surface area contributed by atoms with Gasteiger partial charge in [0.25, 0.3) is 0 Å². The summed E-state index contributed by atoms with van der Waals surface area (Å²) < 4.78 is 25.4. The van der Waals surface area contributed by atoms with E-state index in [0.717, 1.165) is 27.7 Å². The smallest absolute Gasteiger partial charge is 0.195 e. The molecule has 5 rings (SSSR count). The predicted molar refractivity (Wildman–Crippen MR) is 109 cm³/mol. The summed E-state index contributed by atoms with van der Waals surface area (Å²) in [7, 11) is 3.17. The van der Waals surface area contributed by atoms with Crippen molar-refractivity contribution in [1.82, 2.24) is 4.98 Å². The molecule has 3 aromatic rings. The summed E-state index contributed by atoms with van der Waals surface area (Å²) in [4.78, 5) is 21.1. The minimum atomic E-state index is -0.522. The third-order valence-electron chi connectivity index (χ3n) is 6.20. The standard InChI is InChI=1S/C23H21FN2O3/c1-25-12-13-3-4-14-18(9-13)26-22-20(14)21(27)15-10-17(24)19(28-2)11-16(15)23(22)5-7-29-8-6-23/h3-4,9-12,26H,5-8H2,1-2H3/b25-12-. The van der Waals surface area contributed by atoms with E-state index in [0.29, 0.717) is 37.2 Å². The molecule has 0 unspecified atom stereocenters. The fourth-order valence-corrected chi connectivity index (χ4v) is 4.84. The Labute approximate surface area is 167 Å². The molecule has 29 heavy (non-hydrogen) atoms. The van der Waals surface area contributed by atoms with Crippen LogP contribution < -0.4 is 4.74 Å². The minimum Gasteiger partial charge on any atom is -0.494 e. The number of H-pyrrole nitrogens is 1. The Morgan fingerprint density at radius 2 is 2.03 bits per heavy atom. The summed E-state index contributed by atoms with van der Waals surface area (Å²) >= 11 is 0. The molecular weight excluding hydrogens is 371 g/mol. The van der Waals surface area contributed by atoms with Gasteiger partial charge in [0.05, 0.1) is 12.7 Å². The highest BCUT2D eigenvalue weighted by molar-refractivity contribution is 6.20. The zero-order valence-electron chi connectivity index (χ0n) is 16.3. The second-order valence-corrected chi connectivity index (χ2v) is 7.62. The first-order chi connectivity index (χ1) is 14.1. The molecule has 1 aromatic heterocycles. The van der Waals surface area contributed by atoms with Crippen LogP contribution in [0.3, 0.4) is 0 Å². The summed E-state index contributed by atoms with van der Waals surface area (Å²) in [6.45, 7) is 1.16. The van der Waals surface area contributed by atoms with Crippen molar-refractivity contribution < 1.29 is 18.7 Å². The van der Waals surface area contributed by atoms with Crippen molar-refractivity contribution in [2.75, 3.05) is 27.4 Å². The highest BCUT2D eigenvalue weighted by atomic mass is 19.1. The number of ether oxygens (including phenoxy) is 2. The van der Waals surface area contributed by atoms with Gasteiger partial charge in [0.15, 0.2) is 17.3 Å². The maximum absolute atomic E-state index is 14.5. The van der Waals surface area contributed by atoms with Crippen molar-refractivity contribution in [1.29, 1.82) is 0 Å². The van der Waals surface area contributed by atoms with Crippen LogP contribution in [0.25, 0.3) is 10.9 Å². The lowest BCUT2D eigenvalue weighted by molar-refractivity contribution is 0.0600. The van der Waals surface area contributed by atoms with Crippen molar-refractivity contribution in [2.45, 2.75) is 18.3 Å². The summed E-state index contributed by atoms with van der Waals surface area (Å²) in [5.41, 5.74) is 4.17. The molecule has 1 aliphatic heterocycles. The molecule has 6 heteroatoms. The molecule has 2 heterocycles. The lowest BCUT2D eigenvalue weighted by Gasteiger charge is -2.41. The Morgan fingerprint density at radius 3 is 2.76 bits per heavy atom. The van der Waals surface area contributed by atoms with Gasteiger partial charge in [0.2, 0.25) is 0 Å². The monoisotopic (exact) mass is 392 g/mol. The van der Waals surface area contributed by atoms with Crippen LogP contribution >= 0.6 is 0 Å². The van der Waals surface area contributed by atoms with E-state index in [-0.39, 0.29) is 11.5 Å². The number of nitrogens with zero attached hydrogens (tertiary/aromatic N) is 1. The van der Waals surface area contributed by atoms with E-state index >= 15 is 0 Å². The number of halogens is 1. The number of benzene rings is 2. The van der Waals surface area contributed by atoms with Crippen molar-refractivity contribution in [3.05, 3.63) is 64.1 Å². The van der Waals surface area contributed by atoms with Gasteiger partial charge in [-0.15, -0.1) is 0 Å². The first kappa shape index (κ1) is 18.1. The third kappa shape index (κ3) is 2.48. The van der Waals surface area contributed by atoms with E-state index < -0.39 is 11.2 Å². The van der Waals surface area contributed by atoms with Gasteiger partial charge in [-0.3, -0.25) is 9.79 Å². The van der Waals surface area contributed by atoms with Crippen LogP contribution in [0.5, 0.6) is 5.75 Å². The Bertz CT molecular complexity index is 1170. The van der Waals surface area contributed by atoms with Crippen LogP contribution in [0, 0.1) is 5.82 Å². The molecule has 0 saturated carbocycles. The second kappa shape index (κ2) is 6.52. The molecule has 1 spiro atoms. The number of nitrogens with one attached hydrogen (secondary N) is 1. The molecule has 148 valence electrons. The van der Waals surface area contributed by atoms with Crippen molar-refractivity contribution in [3.8, 4) is 5.75 Å². The van der Waals surface area contributed by atoms with Gasteiger partial charge in [-0.05, 0) is 42.2 Å². The zero-order valence-corrected chi connectivity index (χ0v) is 16.3. The molecule has 1 saturated heterocycles. The number of hydrogen-bond acceptors (Lipinski definition) is 4. The molecule has 2 aromatic carbocycles. The first-order valence-electron chi connectivity index (χ1n) is 9.68. The van der Waals surface area contributed by atoms with Crippen molar-refractivity contribution >= 4 is 22.9 Å². The van der Waals surface area contributed by atoms with Crippen LogP contribution in [0.15, 0.2) is 35.3 Å². The molecule has 0 amide bonds. The van der Waals surface area contributed by atoms with E-state index in [2.05, 4.69) is 9.98 Å². The number of fused-ring (bicyclic) bond motifs is 6. The second-order valence-electron chi connectivity index (χ2n) is 7.62. The van der Waals surface area contributed by atoms with Crippen LogP contribution in [-0.4, -0.2) is 44.4 Å². The van der Waals surface area contributed by atoms with Gasteiger partial charge in [0, 0.05) is 54.1 Å². The summed E-state index contributed by atoms with van der Waals surface area (Å²) in [6, 6.07) is 8.90. The highest BCUT2D eigenvalue weighted by Gasteiger charge is 2.47. The van der Waals surface area contributed by atoms with Crippen LogP contribution in [0.1, 0.15) is 45.6 Å². The highest BCUT2D eigenvalue weighted by Crippen LogP contribution is 2.50. The Hall–Kier alpha value is -2.99. The van der Waals surface area contributed by atoms with Crippen LogP contribution in [0.4, 0.5) is 4.39 Å². The first-order valence-corrected chi connectivity index (χ1v) is 9.68. The average Bonchev–Trinajstić information content (AvgIpc) is 3.13. The van der Waals surface area contributed by atoms with Gasteiger partial charge in [-0.1, -0.05) is 12.1 Å². The number of rotatable bonds is 2. The predicted octanol–water partition coefficient (Wildman–Crippen LogP) is 4.01. The molecule has 0 bridgehead atoms. The molecule has 5 nitrogen and oxygen atoms in total. The van der Waals surface area contributed by atoms with E-state index in [1.165, 1.54) is 13.2 Å². The quantitative estimate of drug-likeness (QED) is 0.671. The summed E-state index contributed by atoms with van der Waals surface area (Å²) in [6.07, 6.45) is 3.20. The summed E-state index contributed by atoms with van der Waals surface area (Å²) in [5, 5.41) is 0.853. The van der Waals surface area contributed by atoms with Gasteiger partial charge < -0.3 is 14.5 Å². The molecule has 1 aliphatic carbocycles. The molecule has 1 N–H and O–H groups in total. The van der Waals surface area contributed by atoms with Crippen LogP contribution in [-0.2, 0) is 10.2 Å². The molecular formula is C23H21FN2O3. The normalized spacial score (nSPS) is 17.7. The Morgan fingerprint density at radius 1 is 1.24 bits per heavy atom. The number of hydrogen-bond donors (Lipinski definition) is 1. The fourth-order valence-electron chi connectivity index (χ4n) is 4.84. The number of carbonyl (C=O) groups is 1. The van der Waals surface area contributed by atoms with E-state index in [1.807, 2.05) is 18.2 Å². The topological polar surface area (TPSA) is 63.7 Å². The lowest BCUT2D eigenvalue weighted by atomic mass is 9.64. The number of aromatic amines is 1. The maximum atomic E-state index is 14.5. The number of aliphatic imine (C=N–C) groups is 1. The van der Waals surface area contributed by atoms with E-state index in [4.69, 9.17) is 9.47 Å². The van der Waals surface area contributed by atoms with Gasteiger partial charge in [0.1, 0.15) is 0 Å². The van der Waals surface area contributed by atoms with Gasteiger partial charge in [-0.25, -0.2) is 4.39 Å². The minimum absolute atomic E-state index is 0.156. The van der Waals surface area contributed by atoms with Gasteiger partial charge in [-0.2, -0.15) is 0 Å². The fraction of sp³-hybridized carbons (Fsp3) is 0.304.